The van der Waals surface area contributed by atoms with Crippen molar-refractivity contribution >= 4 is 5.91 Å². The van der Waals surface area contributed by atoms with E-state index in [2.05, 4.69) is 10.6 Å². The van der Waals surface area contributed by atoms with Gasteiger partial charge in [0.1, 0.15) is 11.5 Å². The summed E-state index contributed by atoms with van der Waals surface area (Å²) in [5.74, 6) is 1.79. The zero-order valence-electron chi connectivity index (χ0n) is 10.5. The van der Waals surface area contributed by atoms with Crippen molar-refractivity contribution in [1.29, 1.82) is 0 Å². The molecule has 0 bridgehead atoms. The molecular weight excluding hydrogens is 216 g/mol. The number of piperidine rings is 1. The van der Waals surface area contributed by atoms with Crippen LogP contribution in [0.1, 0.15) is 31.3 Å². The molecule has 1 aliphatic rings. The quantitative estimate of drug-likeness (QED) is 0.838. The van der Waals surface area contributed by atoms with Gasteiger partial charge in [-0.05, 0) is 45.4 Å². The highest BCUT2D eigenvalue weighted by Gasteiger charge is 2.34. The molecule has 1 saturated heterocycles. The van der Waals surface area contributed by atoms with E-state index in [9.17, 15) is 4.79 Å². The Bertz CT molecular complexity index is 392. The van der Waals surface area contributed by atoms with E-state index >= 15 is 0 Å². The fraction of sp³-hybridized carbons (Fsp3) is 0.615. The second-order valence-electron chi connectivity index (χ2n) is 5.04. The number of hydrogen-bond donors (Lipinski definition) is 2. The van der Waals surface area contributed by atoms with Gasteiger partial charge >= 0.3 is 0 Å². The summed E-state index contributed by atoms with van der Waals surface area (Å²) < 4.78 is 5.42. The molecule has 4 nitrogen and oxygen atoms in total. The molecule has 4 heteroatoms. The van der Waals surface area contributed by atoms with E-state index in [0.717, 1.165) is 37.5 Å². The predicted octanol–water partition coefficient (Wildman–Crippen LogP) is 1.59. The van der Waals surface area contributed by atoms with Crippen LogP contribution in [0.15, 0.2) is 16.5 Å². The molecule has 2 N–H and O–H groups in total. The van der Waals surface area contributed by atoms with E-state index in [-0.39, 0.29) is 11.3 Å². The topological polar surface area (TPSA) is 54.3 Å². The molecule has 94 valence electrons. The molecule has 0 spiro atoms. The normalized spacial score (nSPS) is 24.6. The van der Waals surface area contributed by atoms with Crippen molar-refractivity contribution in [3.8, 4) is 0 Å². The molecule has 1 fully saturated rings. The van der Waals surface area contributed by atoms with Crippen molar-refractivity contribution in [2.75, 3.05) is 13.1 Å². The SMILES string of the molecule is Cc1ccc(CNC(=O)C2(C)CCCNC2)o1. The van der Waals surface area contributed by atoms with Gasteiger partial charge in [-0.25, -0.2) is 0 Å². The van der Waals surface area contributed by atoms with Crippen molar-refractivity contribution in [2.24, 2.45) is 5.41 Å². The van der Waals surface area contributed by atoms with Gasteiger partial charge in [-0.3, -0.25) is 4.79 Å². The highest BCUT2D eigenvalue weighted by Crippen LogP contribution is 2.25. The lowest BCUT2D eigenvalue weighted by Gasteiger charge is -2.32. The van der Waals surface area contributed by atoms with Crippen LogP contribution >= 0.6 is 0 Å². The molecule has 1 unspecified atom stereocenters. The van der Waals surface area contributed by atoms with Gasteiger partial charge in [0, 0.05) is 6.54 Å². The third kappa shape index (κ3) is 2.88. The number of hydrogen-bond acceptors (Lipinski definition) is 3. The average molecular weight is 236 g/mol. The lowest BCUT2D eigenvalue weighted by molar-refractivity contribution is -0.131. The van der Waals surface area contributed by atoms with E-state index < -0.39 is 0 Å². The molecule has 1 atom stereocenters. The Morgan fingerprint density at radius 1 is 1.59 bits per heavy atom. The summed E-state index contributed by atoms with van der Waals surface area (Å²) >= 11 is 0. The molecule has 1 amide bonds. The van der Waals surface area contributed by atoms with Crippen LogP contribution in [-0.4, -0.2) is 19.0 Å². The number of carbonyl (C=O) groups is 1. The van der Waals surface area contributed by atoms with Gasteiger partial charge in [0.15, 0.2) is 0 Å². The standard InChI is InChI=1S/C13H20N2O2/c1-10-4-5-11(17-10)8-15-12(16)13(2)6-3-7-14-9-13/h4-5,14H,3,6-9H2,1-2H3,(H,15,16). The molecular formula is C13H20N2O2. The highest BCUT2D eigenvalue weighted by atomic mass is 16.3. The first kappa shape index (κ1) is 12.2. The molecule has 2 rings (SSSR count). The fourth-order valence-corrected chi connectivity index (χ4v) is 2.21. The molecule has 1 aromatic rings. The van der Waals surface area contributed by atoms with E-state index in [4.69, 9.17) is 4.42 Å². The monoisotopic (exact) mass is 236 g/mol. The predicted molar refractivity (Wildman–Crippen MR) is 65.5 cm³/mol. The largest absolute Gasteiger partial charge is 0.465 e. The summed E-state index contributed by atoms with van der Waals surface area (Å²) in [6.45, 7) is 6.16. The van der Waals surface area contributed by atoms with Gasteiger partial charge in [-0.2, -0.15) is 0 Å². The van der Waals surface area contributed by atoms with Gasteiger partial charge in [0.2, 0.25) is 5.91 Å². The summed E-state index contributed by atoms with van der Waals surface area (Å²) in [6, 6.07) is 3.81. The highest BCUT2D eigenvalue weighted by molar-refractivity contribution is 5.82. The van der Waals surface area contributed by atoms with Gasteiger partial charge in [0.25, 0.3) is 0 Å². The zero-order chi connectivity index (χ0) is 12.3. The Hall–Kier alpha value is -1.29. The Balaban J connectivity index is 1.88. The van der Waals surface area contributed by atoms with Crippen molar-refractivity contribution in [3.05, 3.63) is 23.7 Å². The van der Waals surface area contributed by atoms with Crippen molar-refractivity contribution in [3.63, 3.8) is 0 Å². The third-order valence-corrected chi connectivity index (χ3v) is 3.36. The average Bonchev–Trinajstić information content (AvgIpc) is 2.73. The van der Waals surface area contributed by atoms with Crippen LogP contribution in [0.2, 0.25) is 0 Å². The first-order valence-corrected chi connectivity index (χ1v) is 6.14. The van der Waals surface area contributed by atoms with Crippen molar-refractivity contribution in [2.45, 2.75) is 33.2 Å². The van der Waals surface area contributed by atoms with Crippen LogP contribution in [0.25, 0.3) is 0 Å². The lowest BCUT2D eigenvalue weighted by Crippen LogP contribution is -2.48. The smallest absolute Gasteiger partial charge is 0.227 e. The van der Waals surface area contributed by atoms with Crippen molar-refractivity contribution < 1.29 is 9.21 Å². The lowest BCUT2D eigenvalue weighted by atomic mass is 9.82. The maximum Gasteiger partial charge on any atom is 0.227 e. The number of aryl methyl sites for hydroxylation is 1. The van der Waals surface area contributed by atoms with Gasteiger partial charge in [0.05, 0.1) is 12.0 Å². The van der Waals surface area contributed by atoms with Gasteiger partial charge in [-0.15, -0.1) is 0 Å². The second kappa shape index (κ2) is 4.92. The number of rotatable bonds is 3. The first-order chi connectivity index (χ1) is 8.10. The number of nitrogens with one attached hydrogen (secondary N) is 2. The fourth-order valence-electron chi connectivity index (χ4n) is 2.21. The Morgan fingerprint density at radius 3 is 3.00 bits per heavy atom. The summed E-state index contributed by atoms with van der Waals surface area (Å²) in [7, 11) is 0. The summed E-state index contributed by atoms with van der Waals surface area (Å²) in [5, 5.41) is 6.22. The van der Waals surface area contributed by atoms with E-state index in [1.165, 1.54) is 0 Å². The maximum atomic E-state index is 12.1. The second-order valence-corrected chi connectivity index (χ2v) is 5.04. The van der Waals surface area contributed by atoms with Crippen LogP contribution in [-0.2, 0) is 11.3 Å². The molecule has 0 aromatic carbocycles. The first-order valence-electron chi connectivity index (χ1n) is 6.14. The van der Waals surface area contributed by atoms with E-state index in [0.29, 0.717) is 6.54 Å². The van der Waals surface area contributed by atoms with Crippen LogP contribution in [0.3, 0.4) is 0 Å². The van der Waals surface area contributed by atoms with Gasteiger partial charge in [-0.1, -0.05) is 0 Å². The molecule has 1 aliphatic heterocycles. The molecule has 2 heterocycles. The number of amides is 1. The van der Waals surface area contributed by atoms with Crippen LogP contribution in [0, 0.1) is 12.3 Å². The van der Waals surface area contributed by atoms with Crippen LogP contribution in [0.5, 0.6) is 0 Å². The third-order valence-electron chi connectivity index (χ3n) is 3.36. The number of furan rings is 1. The Morgan fingerprint density at radius 2 is 2.41 bits per heavy atom. The van der Waals surface area contributed by atoms with Gasteiger partial charge < -0.3 is 15.1 Å². The molecule has 17 heavy (non-hydrogen) atoms. The van der Waals surface area contributed by atoms with Crippen LogP contribution in [0.4, 0.5) is 0 Å². The minimum absolute atomic E-state index is 0.110. The molecule has 0 aliphatic carbocycles. The molecule has 0 saturated carbocycles. The van der Waals surface area contributed by atoms with Crippen LogP contribution < -0.4 is 10.6 Å². The molecule has 0 radical (unpaired) electrons. The number of carbonyl (C=O) groups excluding carboxylic acids is 1. The Kier molecular flexibility index (Phi) is 3.52. The maximum absolute atomic E-state index is 12.1. The zero-order valence-corrected chi connectivity index (χ0v) is 10.5. The Labute approximate surface area is 102 Å². The minimum Gasteiger partial charge on any atom is -0.465 e. The van der Waals surface area contributed by atoms with Crippen molar-refractivity contribution in [1.82, 2.24) is 10.6 Å². The minimum atomic E-state index is -0.278. The summed E-state index contributed by atoms with van der Waals surface area (Å²) in [4.78, 5) is 12.1. The summed E-state index contributed by atoms with van der Waals surface area (Å²) in [6.07, 6.45) is 2.01. The molecule has 1 aromatic heterocycles. The summed E-state index contributed by atoms with van der Waals surface area (Å²) in [5.41, 5.74) is -0.278. The van der Waals surface area contributed by atoms with E-state index in [1.807, 2.05) is 26.0 Å². The van der Waals surface area contributed by atoms with E-state index in [1.54, 1.807) is 0 Å².